The molecule has 0 saturated carbocycles. The van der Waals surface area contributed by atoms with Crippen LogP contribution in [0.15, 0.2) is 112 Å². The zero-order valence-corrected chi connectivity index (χ0v) is 20.2. The molecule has 0 radical (unpaired) electrons. The van der Waals surface area contributed by atoms with E-state index in [0.29, 0.717) is 11.3 Å². The van der Waals surface area contributed by atoms with Crippen molar-refractivity contribution in [1.29, 1.82) is 0 Å². The fourth-order valence-electron chi connectivity index (χ4n) is 3.75. The number of hydrogen-bond donors (Lipinski definition) is 1. The first-order valence-corrected chi connectivity index (χ1v) is 12.7. The van der Waals surface area contributed by atoms with E-state index in [1.165, 1.54) is 11.8 Å². The Hall–Kier alpha value is -3.48. The van der Waals surface area contributed by atoms with Gasteiger partial charge >= 0.3 is 0 Å². The first-order chi connectivity index (χ1) is 16.6. The van der Waals surface area contributed by atoms with Crippen LogP contribution in [0, 0.1) is 6.92 Å². The van der Waals surface area contributed by atoms with Crippen LogP contribution in [0.25, 0.3) is 0 Å². The zero-order chi connectivity index (χ0) is 23.5. The highest BCUT2D eigenvalue weighted by molar-refractivity contribution is 8.00. The number of rotatable bonds is 5. The van der Waals surface area contributed by atoms with E-state index in [9.17, 15) is 9.59 Å². The lowest BCUT2D eigenvalue weighted by Crippen LogP contribution is -2.29. The zero-order valence-electron chi connectivity index (χ0n) is 18.5. The summed E-state index contributed by atoms with van der Waals surface area (Å²) in [7, 11) is 0. The van der Waals surface area contributed by atoms with Gasteiger partial charge in [0.15, 0.2) is 0 Å². The first kappa shape index (κ1) is 22.3. The van der Waals surface area contributed by atoms with Crippen LogP contribution in [0.5, 0.6) is 0 Å². The summed E-state index contributed by atoms with van der Waals surface area (Å²) in [6.07, 6.45) is 0. The Labute approximate surface area is 207 Å². The average Bonchev–Trinajstić information content (AvgIpc) is 2.86. The second-order valence-corrected chi connectivity index (χ2v) is 10.0. The second kappa shape index (κ2) is 9.79. The van der Waals surface area contributed by atoms with E-state index >= 15 is 0 Å². The lowest BCUT2D eigenvalue weighted by molar-refractivity contribution is -0.115. The molecule has 0 aromatic heterocycles. The van der Waals surface area contributed by atoms with Gasteiger partial charge in [0.05, 0.1) is 17.1 Å². The number of anilines is 3. The third-order valence-corrected chi connectivity index (χ3v) is 7.56. The predicted octanol–water partition coefficient (Wildman–Crippen LogP) is 7.17. The molecule has 34 heavy (non-hydrogen) atoms. The van der Waals surface area contributed by atoms with Crippen LogP contribution in [0.2, 0.25) is 0 Å². The third-order valence-electron chi connectivity index (χ3n) is 5.45. The fraction of sp³-hybridized carbons (Fsp3) is 0.0714. The molecule has 1 aliphatic rings. The molecule has 5 rings (SSSR count). The molecule has 6 heteroatoms. The van der Waals surface area contributed by atoms with E-state index < -0.39 is 0 Å². The highest BCUT2D eigenvalue weighted by Gasteiger charge is 2.27. The predicted molar refractivity (Wildman–Crippen MR) is 140 cm³/mol. The lowest BCUT2D eigenvalue weighted by Gasteiger charge is -2.31. The van der Waals surface area contributed by atoms with Gasteiger partial charge in [0, 0.05) is 25.9 Å². The molecule has 0 spiro atoms. The van der Waals surface area contributed by atoms with Gasteiger partial charge in [-0.25, -0.2) is 0 Å². The van der Waals surface area contributed by atoms with E-state index in [-0.39, 0.29) is 17.6 Å². The standard InChI is InChI=1S/C28H22N2O2S2/c1-19-13-15-20(16-14-19)28(32)29-21-7-6-8-22(17-21)33-18-27(31)30-23-9-2-4-11-25(23)34-26-12-5-3-10-24(26)30/h2-17H,18H2,1H3,(H,29,32). The number of amides is 2. The molecule has 4 aromatic rings. The van der Waals surface area contributed by atoms with E-state index in [1.54, 1.807) is 11.8 Å². The number of benzene rings is 4. The summed E-state index contributed by atoms with van der Waals surface area (Å²) < 4.78 is 0. The van der Waals surface area contributed by atoms with Gasteiger partial charge in [-0.2, -0.15) is 0 Å². The van der Waals surface area contributed by atoms with Crippen molar-refractivity contribution >= 4 is 52.4 Å². The van der Waals surface area contributed by atoms with Gasteiger partial charge in [-0.1, -0.05) is 59.8 Å². The molecular formula is C28H22N2O2S2. The highest BCUT2D eigenvalue weighted by Crippen LogP contribution is 2.48. The third kappa shape index (κ3) is 4.74. The molecule has 1 N–H and O–H groups in total. The van der Waals surface area contributed by atoms with Crippen LogP contribution in [0.1, 0.15) is 15.9 Å². The first-order valence-electron chi connectivity index (χ1n) is 10.9. The Kier molecular flexibility index (Phi) is 6.43. The fourth-order valence-corrected chi connectivity index (χ4v) is 5.62. The minimum atomic E-state index is -0.155. The Morgan fingerprint density at radius 2 is 1.47 bits per heavy atom. The van der Waals surface area contributed by atoms with Crippen LogP contribution in [-0.4, -0.2) is 17.6 Å². The molecule has 0 bridgehead atoms. The average molecular weight is 483 g/mol. The van der Waals surface area contributed by atoms with Crippen molar-refractivity contribution in [2.24, 2.45) is 0 Å². The molecule has 0 unspecified atom stereocenters. The van der Waals surface area contributed by atoms with Gasteiger partial charge in [0.2, 0.25) is 5.91 Å². The number of hydrogen-bond acceptors (Lipinski definition) is 4. The van der Waals surface area contributed by atoms with Gasteiger partial charge in [-0.05, 0) is 61.5 Å². The molecule has 168 valence electrons. The minimum absolute atomic E-state index is 0.0132. The maximum atomic E-state index is 13.4. The molecule has 4 aromatic carbocycles. The Balaban J connectivity index is 1.30. The topological polar surface area (TPSA) is 49.4 Å². The molecule has 1 heterocycles. The molecule has 2 amide bonds. The maximum Gasteiger partial charge on any atom is 0.255 e. The van der Waals surface area contributed by atoms with Crippen molar-refractivity contribution in [3.05, 3.63) is 108 Å². The Morgan fingerprint density at radius 3 is 2.15 bits per heavy atom. The minimum Gasteiger partial charge on any atom is -0.322 e. The number of fused-ring (bicyclic) bond motifs is 2. The number of thioether (sulfide) groups is 1. The molecule has 4 nitrogen and oxygen atoms in total. The van der Waals surface area contributed by atoms with Crippen molar-refractivity contribution < 1.29 is 9.59 Å². The summed E-state index contributed by atoms with van der Waals surface area (Å²) in [6, 6.07) is 31.0. The monoisotopic (exact) mass is 482 g/mol. The highest BCUT2D eigenvalue weighted by atomic mass is 32.2. The van der Waals surface area contributed by atoms with Gasteiger partial charge in [0.1, 0.15) is 0 Å². The molecule has 1 aliphatic heterocycles. The summed E-state index contributed by atoms with van der Waals surface area (Å²) in [4.78, 5) is 30.8. The van der Waals surface area contributed by atoms with E-state index in [4.69, 9.17) is 0 Å². The number of nitrogens with one attached hydrogen (secondary N) is 1. The normalized spacial score (nSPS) is 12.0. The van der Waals surface area contributed by atoms with E-state index in [0.717, 1.165) is 31.6 Å². The van der Waals surface area contributed by atoms with Crippen LogP contribution in [0.3, 0.4) is 0 Å². The Morgan fingerprint density at radius 1 is 0.824 bits per heavy atom. The van der Waals surface area contributed by atoms with Crippen LogP contribution >= 0.6 is 23.5 Å². The number of aryl methyl sites for hydroxylation is 1. The Bertz CT molecular complexity index is 1320. The second-order valence-electron chi connectivity index (χ2n) is 7.90. The van der Waals surface area contributed by atoms with Crippen molar-refractivity contribution in [3.63, 3.8) is 0 Å². The number of carbonyl (C=O) groups is 2. The van der Waals surface area contributed by atoms with Crippen LogP contribution in [0.4, 0.5) is 17.1 Å². The SMILES string of the molecule is Cc1ccc(C(=O)Nc2cccc(SCC(=O)N3c4ccccc4Sc4ccccc43)c2)cc1. The van der Waals surface area contributed by atoms with Gasteiger partial charge < -0.3 is 5.32 Å². The maximum absolute atomic E-state index is 13.4. The van der Waals surface area contributed by atoms with E-state index in [1.807, 2.05) is 109 Å². The lowest BCUT2D eigenvalue weighted by atomic mass is 10.1. The molecule has 0 saturated heterocycles. The van der Waals surface area contributed by atoms with Crippen LogP contribution in [-0.2, 0) is 4.79 Å². The summed E-state index contributed by atoms with van der Waals surface area (Å²) in [5, 5.41) is 2.94. The van der Waals surface area contributed by atoms with Crippen LogP contribution < -0.4 is 10.2 Å². The van der Waals surface area contributed by atoms with Crippen molar-refractivity contribution in [3.8, 4) is 0 Å². The van der Waals surface area contributed by atoms with Crippen molar-refractivity contribution in [2.45, 2.75) is 21.6 Å². The summed E-state index contributed by atoms with van der Waals surface area (Å²) in [5.41, 5.74) is 4.25. The number of para-hydroxylation sites is 2. The molecule has 0 fully saturated rings. The molecule has 0 aliphatic carbocycles. The largest absolute Gasteiger partial charge is 0.322 e. The number of carbonyl (C=O) groups excluding carboxylic acids is 2. The van der Waals surface area contributed by atoms with Gasteiger partial charge in [-0.3, -0.25) is 14.5 Å². The van der Waals surface area contributed by atoms with E-state index in [2.05, 4.69) is 5.32 Å². The summed E-state index contributed by atoms with van der Waals surface area (Å²) >= 11 is 3.14. The number of nitrogens with zero attached hydrogens (tertiary/aromatic N) is 1. The van der Waals surface area contributed by atoms with Crippen molar-refractivity contribution in [1.82, 2.24) is 0 Å². The van der Waals surface area contributed by atoms with Crippen molar-refractivity contribution in [2.75, 3.05) is 16.0 Å². The molecular weight excluding hydrogens is 460 g/mol. The smallest absolute Gasteiger partial charge is 0.255 e. The molecule has 0 atom stereocenters. The quantitative estimate of drug-likeness (QED) is 0.306. The van der Waals surface area contributed by atoms with Gasteiger partial charge in [-0.15, -0.1) is 11.8 Å². The van der Waals surface area contributed by atoms with Gasteiger partial charge in [0.25, 0.3) is 5.91 Å². The summed E-state index contributed by atoms with van der Waals surface area (Å²) in [6.45, 7) is 1.99. The summed E-state index contributed by atoms with van der Waals surface area (Å²) in [5.74, 6) is 0.138.